The average Bonchev–Trinajstić information content (AvgIpc) is 2.73. The van der Waals surface area contributed by atoms with E-state index in [1.54, 1.807) is 0 Å². The number of aromatic nitrogens is 2. The highest BCUT2D eigenvalue weighted by atomic mass is 32.1. The van der Waals surface area contributed by atoms with Gasteiger partial charge >= 0.3 is 0 Å². The van der Waals surface area contributed by atoms with E-state index in [1.165, 1.54) is 18.3 Å². The van der Waals surface area contributed by atoms with Gasteiger partial charge in [0.2, 0.25) is 0 Å². The fourth-order valence-corrected chi connectivity index (χ4v) is 2.04. The molecule has 0 aliphatic carbocycles. The van der Waals surface area contributed by atoms with Crippen LogP contribution in [0.15, 0.2) is 17.5 Å². The van der Waals surface area contributed by atoms with Crippen LogP contribution in [0.5, 0.6) is 0 Å². The standard InChI is InChI=1S/C10H10N4OS/c1-5(15)7-9(11)14-8(10(12)13-7)6-3-2-4-16-6/h2-4H,1H3,(H2,11,14)(H2,12,13). The van der Waals surface area contributed by atoms with Gasteiger partial charge in [-0.05, 0) is 11.4 Å². The molecule has 2 heterocycles. The van der Waals surface area contributed by atoms with E-state index >= 15 is 0 Å². The van der Waals surface area contributed by atoms with Gasteiger partial charge in [0.1, 0.15) is 5.69 Å². The lowest BCUT2D eigenvalue weighted by Crippen LogP contribution is -2.09. The summed E-state index contributed by atoms with van der Waals surface area (Å²) < 4.78 is 0. The Morgan fingerprint density at radius 3 is 2.62 bits per heavy atom. The van der Waals surface area contributed by atoms with Crippen LogP contribution in [0, 0.1) is 0 Å². The first kappa shape index (κ1) is 10.6. The van der Waals surface area contributed by atoms with Crippen molar-refractivity contribution in [1.82, 2.24) is 9.97 Å². The van der Waals surface area contributed by atoms with E-state index in [2.05, 4.69) is 9.97 Å². The van der Waals surface area contributed by atoms with Crippen molar-refractivity contribution in [2.24, 2.45) is 0 Å². The minimum Gasteiger partial charge on any atom is -0.382 e. The maximum atomic E-state index is 11.2. The molecular weight excluding hydrogens is 224 g/mol. The van der Waals surface area contributed by atoms with Crippen molar-refractivity contribution in [3.8, 4) is 10.6 Å². The van der Waals surface area contributed by atoms with Crippen molar-refractivity contribution in [3.05, 3.63) is 23.2 Å². The van der Waals surface area contributed by atoms with Crippen LogP contribution < -0.4 is 11.5 Å². The topological polar surface area (TPSA) is 94.9 Å². The van der Waals surface area contributed by atoms with Gasteiger partial charge in [0, 0.05) is 6.92 Å². The van der Waals surface area contributed by atoms with Crippen LogP contribution in [0.2, 0.25) is 0 Å². The molecule has 0 aliphatic heterocycles. The molecule has 2 rings (SSSR count). The quantitative estimate of drug-likeness (QED) is 0.769. The number of Topliss-reactive ketones (excluding diaryl/α,β-unsaturated/α-hetero) is 1. The predicted octanol–water partition coefficient (Wildman–Crippen LogP) is 1.57. The lowest BCUT2D eigenvalue weighted by molar-refractivity contribution is 0.101. The molecule has 4 N–H and O–H groups in total. The fraction of sp³-hybridized carbons (Fsp3) is 0.100. The van der Waals surface area contributed by atoms with E-state index in [0.717, 1.165) is 4.88 Å². The molecule has 16 heavy (non-hydrogen) atoms. The molecule has 0 saturated heterocycles. The van der Waals surface area contributed by atoms with Crippen LogP contribution in [0.4, 0.5) is 11.6 Å². The first-order chi connectivity index (χ1) is 7.59. The average molecular weight is 234 g/mol. The van der Waals surface area contributed by atoms with Gasteiger partial charge < -0.3 is 11.5 Å². The van der Waals surface area contributed by atoms with Gasteiger partial charge in [-0.1, -0.05) is 6.07 Å². The fourth-order valence-electron chi connectivity index (χ4n) is 1.32. The zero-order valence-corrected chi connectivity index (χ0v) is 9.41. The Kier molecular flexibility index (Phi) is 2.57. The smallest absolute Gasteiger partial charge is 0.181 e. The second-order valence-corrected chi connectivity index (χ2v) is 4.17. The Morgan fingerprint density at radius 2 is 2.06 bits per heavy atom. The second-order valence-electron chi connectivity index (χ2n) is 3.22. The highest BCUT2D eigenvalue weighted by Crippen LogP contribution is 2.28. The molecule has 6 heteroatoms. The highest BCUT2D eigenvalue weighted by molar-refractivity contribution is 7.13. The summed E-state index contributed by atoms with van der Waals surface area (Å²) in [5.41, 5.74) is 12.0. The first-order valence-corrected chi connectivity index (χ1v) is 5.45. The molecule has 0 unspecified atom stereocenters. The Hall–Kier alpha value is -1.95. The highest BCUT2D eigenvalue weighted by Gasteiger charge is 2.14. The largest absolute Gasteiger partial charge is 0.382 e. The Labute approximate surface area is 96.1 Å². The molecule has 0 amide bonds. The monoisotopic (exact) mass is 234 g/mol. The Balaban J connectivity index is 2.59. The molecule has 0 spiro atoms. The summed E-state index contributed by atoms with van der Waals surface area (Å²) in [6.07, 6.45) is 0. The molecular formula is C10H10N4OS. The van der Waals surface area contributed by atoms with E-state index in [4.69, 9.17) is 11.5 Å². The van der Waals surface area contributed by atoms with E-state index in [1.807, 2.05) is 17.5 Å². The van der Waals surface area contributed by atoms with E-state index < -0.39 is 0 Å². The molecule has 0 bridgehead atoms. The number of carbonyl (C=O) groups excluding carboxylic acids is 1. The maximum absolute atomic E-state index is 11.2. The number of hydrogen-bond donors (Lipinski definition) is 2. The number of nitrogens with zero attached hydrogens (tertiary/aromatic N) is 2. The molecule has 0 saturated carbocycles. The molecule has 2 aromatic rings. The number of rotatable bonds is 2. The van der Waals surface area contributed by atoms with Crippen molar-refractivity contribution in [2.75, 3.05) is 11.5 Å². The van der Waals surface area contributed by atoms with Crippen LogP contribution in [-0.4, -0.2) is 15.8 Å². The second kappa shape index (κ2) is 3.90. The Morgan fingerprint density at radius 1 is 1.31 bits per heavy atom. The van der Waals surface area contributed by atoms with Gasteiger partial charge in [0.25, 0.3) is 0 Å². The third-order valence-corrected chi connectivity index (χ3v) is 2.91. The van der Waals surface area contributed by atoms with Gasteiger partial charge in [-0.25, -0.2) is 9.97 Å². The van der Waals surface area contributed by atoms with Crippen LogP contribution in [0.3, 0.4) is 0 Å². The van der Waals surface area contributed by atoms with Crippen LogP contribution in [0.25, 0.3) is 10.6 Å². The minimum absolute atomic E-state index is 0.116. The number of carbonyl (C=O) groups is 1. The summed E-state index contributed by atoms with van der Waals surface area (Å²) >= 11 is 1.49. The first-order valence-electron chi connectivity index (χ1n) is 4.57. The third kappa shape index (κ3) is 1.74. The summed E-state index contributed by atoms with van der Waals surface area (Å²) in [7, 11) is 0. The lowest BCUT2D eigenvalue weighted by Gasteiger charge is -2.06. The number of hydrogen-bond acceptors (Lipinski definition) is 6. The normalized spacial score (nSPS) is 10.3. The van der Waals surface area contributed by atoms with E-state index in [0.29, 0.717) is 5.69 Å². The molecule has 0 aliphatic rings. The van der Waals surface area contributed by atoms with Gasteiger partial charge in [0.05, 0.1) is 4.88 Å². The zero-order chi connectivity index (χ0) is 11.7. The molecule has 0 fully saturated rings. The number of ketones is 1. The number of anilines is 2. The summed E-state index contributed by atoms with van der Waals surface area (Å²) in [4.78, 5) is 20.2. The van der Waals surface area contributed by atoms with Gasteiger partial charge in [-0.15, -0.1) is 11.3 Å². The van der Waals surface area contributed by atoms with Crippen LogP contribution in [0.1, 0.15) is 17.4 Å². The lowest BCUT2D eigenvalue weighted by atomic mass is 10.2. The summed E-state index contributed by atoms with van der Waals surface area (Å²) in [5, 5.41) is 1.91. The molecule has 0 radical (unpaired) electrons. The summed E-state index contributed by atoms with van der Waals surface area (Å²) in [6, 6.07) is 3.76. The molecule has 82 valence electrons. The maximum Gasteiger partial charge on any atom is 0.181 e. The predicted molar refractivity (Wildman–Crippen MR) is 64.2 cm³/mol. The number of thiophene rings is 1. The molecule has 0 atom stereocenters. The van der Waals surface area contributed by atoms with Crippen LogP contribution in [-0.2, 0) is 0 Å². The molecule has 0 aromatic carbocycles. The van der Waals surface area contributed by atoms with Crippen molar-refractivity contribution in [3.63, 3.8) is 0 Å². The zero-order valence-electron chi connectivity index (χ0n) is 8.60. The number of nitrogens with two attached hydrogens (primary N) is 2. The SMILES string of the molecule is CC(=O)c1nc(N)c(-c2cccs2)nc1N. The minimum atomic E-state index is -0.241. The van der Waals surface area contributed by atoms with E-state index in [9.17, 15) is 4.79 Å². The van der Waals surface area contributed by atoms with Gasteiger partial charge in [-0.3, -0.25) is 4.79 Å². The van der Waals surface area contributed by atoms with Gasteiger partial charge in [0.15, 0.2) is 23.1 Å². The van der Waals surface area contributed by atoms with E-state index in [-0.39, 0.29) is 23.1 Å². The van der Waals surface area contributed by atoms with Crippen molar-refractivity contribution < 1.29 is 4.79 Å². The third-order valence-electron chi connectivity index (χ3n) is 2.04. The summed E-state index contributed by atoms with van der Waals surface area (Å²) in [5.74, 6) is 0.0985. The van der Waals surface area contributed by atoms with Crippen molar-refractivity contribution >= 4 is 28.8 Å². The van der Waals surface area contributed by atoms with Crippen LogP contribution >= 0.6 is 11.3 Å². The molecule has 2 aromatic heterocycles. The number of nitrogen functional groups attached to an aromatic ring is 2. The Bertz CT molecular complexity index is 536. The van der Waals surface area contributed by atoms with Gasteiger partial charge in [-0.2, -0.15) is 0 Å². The van der Waals surface area contributed by atoms with Crippen molar-refractivity contribution in [2.45, 2.75) is 6.92 Å². The summed E-state index contributed by atoms with van der Waals surface area (Å²) in [6.45, 7) is 1.38. The van der Waals surface area contributed by atoms with Crippen molar-refractivity contribution in [1.29, 1.82) is 0 Å². The molecule has 5 nitrogen and oxygen atoms in total.